The van der Waals surface area contributed by atoms with Gasteiger partial charge in [-0.05, 0) is 147 Å². The Morgan fingerprint density at radius 2 is 0.530 bits per heavy atom. The summed E-state index contributed by atoms with van der Waals surface area (Å²) in [5, 5.41) is 20.9. The lowest BCUT2D eigenvalue weighted by atomic mass is 9.78. The summed E-state index contributed by atoms with van der Waals surface area (Å²) in [5.41, 5.74) is 21.6. The van der Waals surface area contributed by atoms with Gasteiger partial charge in [0.15, 0.2) is 24.8 Å². The Morgan fingerprint density at radius 1 is 0.240 bits per heavy atom. The molecule has 100 heavy (non-hydrogen) atoms. The molecule has 4 aromatic heterocycles. The summed E-state index contributed by atoms with van der Waals surface area (Å²) in [7, 11) is 0. The van der Waals surface area contributed by atoms with E-state index in [2.05, 4.69) is 317 Å². The van der Waals surface area contributed by atoms with Crippen molar-refractivity contribution in [2.45, 2.75) is 104 Å². The van der Waals surface area contributed by atoms with Gasteiger partial charge in [-0.2, -0.15) is 18.3 Å². The van der Waals surface area contributed by atoms with Crippen molar-refractivity contribution in [3.8, 4) is 68.0 Å². The van der Waals surface area contributed by atoms with Gasteiger partial charge in [0.2, 0.25) is 22.8 Å². The summed E-state index contributed by atoms with van der Waals surface area (Å²) < 4.78 is 33.8. The van der Waals surface area contributed by atoms with Crippen LogP contribution < -0.4 is 37.2 Å². The van der Waals surface area contributed by atoms with Crippen molar-refractivity contribution in [1.29, 1.82) is 0 Å². The molecule has 8 nitrogen and oxygen atoms in total. The van der Waals surface area contributed by atoms with Gasteiger partial charge in [-0.15, -0.1) is 0 Å². The lowest BCUT2D eigenvalue weighted by Gasteiger charge is -2.23. The van der Waals surface area contributed by atoms with Gasteiger partial charge in [0.25, 0.3) is 26.9 Å². The summed E-state index contributed by atoms with van der Waals surface area (Å²) in [4.78, 5) is 0. The first-order valence-electron chi connectivity index (χ1n) is 35.2. The van der Waals surface area contributed by atoms with Crippen LogP contribution in [0.3, 0.4) is 0 Å². The van der Waals surface area contributed by atoms with Crippen LogP contribution in [-0.4, -0.2) is 0 Å². The molecule has 4 aliphatic heterocycles. The zero-order chi connectivity index (χ0) is 67.0. The minimum Gasteiger partial charge on any atom is -0.435 e. The number of ether oxygens (including phenoxy) is 4. The Labute approximate surface area is 579 Å². The lowest BCUT2D eigenvalue weighted by molar-refractivity contribution is -0.717. The number of hydrogen-bond donors (Lipinski definition) is 0. The molecule has 0 fully saturated rings. The molecule has 0 spiro atoms. The summed E-state index contributed by atoms with van der Waals surface area (Å²) in [6, 6.07) is 78.7. The molecule has 0 radical (unpaired) electrons. The van der Waals surface area contributed by atoms with Gasteiger partial charge < -0.3 is 18.9 Å². The van der Waals surface area contributed by atoms with Crippen LogP contribution in [-0.2, 0) is 48.6 Å². The van der Waals surface area contributed by atoms with Crippen molar-refractivity contribution in [2.75, 3.05) is 0 Å². The molecule has 12 aromatic carbocycles. The van der Waals surface area contributed by atoms with Crippen LogP contribution in [0.1, 0.15) is 99.9 Å². The molecule has 0 saturated heterocycles. The van der Waals surface area contributed by atoms with E-state index in [-0.39, 0.29) is 21.7 Å². The highest BCUT2D eigenvalue weighted by molar-refractivity contribution is 6.09. The predicted octanol–water partition coefficient (Wildman–Crippen LogP) is 19.7. The lowest BCUT2D eigenvalue weighted by Crippen LogP contribution is -2.41. The van der Waals surface area contributed by atoms with Crippen molar-refractivity contribution in [2.24, 2.45) is 0 Å². The molecular formula is C92H72N4O4+4. The maximum atomic E-state index is 6.26. The van der Waals surface area contributed by atoms with Crippen LogP contribution in [0.2, 0.25) is 0 Å². The topological polar surface area (TPSA) is 52.4 Å². The van der Waals surface area contributed by atoms with E-state index in [0.717, 1.165) is 23.0 Å². The van der Waals surface area contributed by atoms with Crippen LogP contribution in [0.4, 0.5) is 0 Å². The number of nitrogens with zero attached hydrogens (tertiary/aromatic N) is 4. The molecule has 0 bridgehead atoms. The molecule has 0 amide bonds. The first-order valence-corrected chi connectivity index (χ1v) is 35.2. The molecular weight excluding hydrogens is 1230 g/mol. The molecule has 480 valence electrons. The fourth-order valence-corrected chi connectivity index (χ4v) is 19.6. The largest absolute Gasteiger partial charge is 0.435 e. The average molecular weight is 1300 g/mol. The van der Waals surface area contributed by atoms with Crippen LogP contribution in [0.15, 0.2) is 243 Å². The fourth-order valence-electron chi connectivity index (χ4n) is 19.6. The van der Waals surface area contributed by atoms with E-state index in [1.807, 2.05) is 0 Å². The molecule has 0 unspecified atom stereocenters. The second kappa shape index (κ2) is 20.1. The standard InChI is InChI=1S/C27H20NO.2C23H18NO.C19H16NO/c1-27(2)24-20-10-6-5-9-18(20)13-22-23(24)26-25(27)21-12-17-8-4-3-7-16(17)11-19(21)14-28(26)15-29-22;2*1-23(2)20-16-9-5-3-7-14(16)11-18-19(20)22-21(23)17-10-6-4-8-15(17)12-24(22)13-25-18;1-19(2)14-8-5-9-20-11-21-15-10-12-6-3-4-7-13(12)17(19)16(15)18(14)20/h3-14H,15H2,1-2H3;2*3-12H,13H2,1-2H3;3-10H,11H2,1-2H3/q4*+1. The summed E-state index contributed by atoms with van der Waals surface area (Å²) >= 11 is 0. The smallest absolute Gasteiger partial charge is 0.292 e. The molecule has 8 heterocycles. The fraction of sp³-hybridized carbons (Fsp3) is 0.174. The van der Waals surface area contributed by atoms with Crippen molar-refractivity contribution in [3.63, 3.8) is 0 Å². The van der Waals surface area contributed by atoms with Crippen LogP contribution in [0.25, 0.3) is 131 Å². The minimum atomic E-state index is -0.0995. The normalized spacial score (nSPS) is 16.1. The Morgan fingerprint density at radius 3 is 0.920 bits per heavy atom. The number of pyridine rings is 4. The number of aromatic nitrogens is 4. The molecule has 0 N–H and O–H groups in total. The molecule has 0 atom stereocenters. The highest BCUT2D eigenvalue weighted by Gasteiger charge is 2.52. The minimum absolute atomic E-state index is 0.0109. The van der Waals surface area contributed by atoms with Gasteiger partial charge in [-0.1, -0.05) is 213 Å². The molecule has 16 aromatic rings. The highest BCUT2D eigenvalue weighted by atomic mass is 16.5. The quantitative estimate of drug-likeness (QED) is 0.112. The monoisotopic (exact) mass is 1300 g/mol. The van der Waals surface area contributed by atoms with Gasteiger partial charge >= 0.3 is 0 Å². The maximum Gasteiger partial charge on any atom is 0.292 e. The number of fused-ring (bicyclic) bond motifs is 15. The number of hydrogen-bond acceptors (Lipinski definition) is 4. The van der Waals surface area contributed by atoms with E-state index < -0.39 is 0 Å². The van der Waals surface area contributed by atoms with Crippen molar-refractivity contribution in [3.05, 3.63) is 288 Å². The predicted molar refractivity (Wildman–Crippen MR) is 399 cm³/mol. The summed E-state index contributed by atoms with van der Waals surface area (Å²) in [6.07, 6.45) is 8.85. The van der Waals surface area contributed by atoms with E-state index in [9.17, 15) is 0 Å². The third-order valence-corrected chi connectivity index (χ3v) is 23.7. The Bertz CT molecular complexity index is 6050. The van der Waals surface area contributed by atoms with Crippen LogP contribution >= 0.6 is 0 Å². The Kier molecular flexibility index (Phi) is 11.6. The van der Waals surface area contributed by atoms with Crippen molar-refractivity contribution >= 4 is 86.2 Å². The van der Waals surface area contributed by atoms with Crippen LogP contribution in [0, 0.1) is 0 Å². The van der Waals surface area contributed by atoms with Crippen molar-refractivity contribution < 1.29 is 37.2 Å². The zero-order valence-corrected chi connectivity index (χ0v) is 57.3. The third-order valence-electron chi connectivity index (χ3n) is 23.7. The van der Waals surface area contributed by atoms with Gasteiger partial charge in [0.1, 0.15) is 23.0 Å². The van der Waals surface area contributed by atoms with Crippen molar-refractivity contribution in [1.82, 2.24) is 0 Å². The first-order chi connectivity index (χ1) is 48.6. The summed E-state index contributed by atoms with van der Waals surface area (Å²) in [6.45, 7) is 21.1. The van der Waals surface area contributed by atoms with E-state index in [0.29, 0.717) is 26.9 Å². The SMILES string of the molecule is CC1(C)c2c3c(cc4ccccc24)OC[n+]2cc4cc5ccccc5cc4c1c2-3.CC1(C)c2c3c(cc4ccccc24)OC[n+]2cc4ccccc4c1c2-3.CC1(C)c2c3c(cc4ccccc24)OC[n+]2cc4ccccc4c1c2-3.CC1(C)c2ccc[n+]3c2-c2c(cc4ccccc4c21)OC3. The average Bonchev–Trinajstić information content (AvgIpc) is 1.54. The van der Waals surface area contributed by atoms with Gasteiger partial charge in [0.05, 0.1) is 22.3 Å². The molecule has 8 heteroatoms. The number of benzene rings is 12. The molecule has 24 rings (SSSR count). The van der Waals surface area contributed by atoms with Gasteiger partial charge in [-0.25, -0.2) is 0 Å². The molecule has 8 aliphatic rings. The second-order valence-electron chi connectivity index (χ2n) is 30.6. The van der Waals surface area contributed by atoms with E-state index in [1.165, 1.54) is 176 Å². The summed E-state index contributed by atoms with van der Waals surface area (Å²) in [5.74, 6) is 4.10. The third kappa shape index (κ3) is 7.65. The second-order valence-corrected chi connectivity index (χ2v) is 30.6. The van der Waals surface area contributed by atoms with E-state index in [1.54, 1.807) is 0 Å². The van der Waals surface area contributed by atoms with Gasteiger partial charge in [0, 0.05) is 66.1 Å². The van der Waals surface area contributed by atoms with E-state index in [4.69, 9.17) is 18.9 Å². The maximum absolute atomic E-state index is 6.26. The highest BCUT2D eigenvalue weighted by Crippen LogP contribution is 2.61. The van der Waals surface area contributed by atoms with Crippen LogP contribution in [0.5, 0.6) is 23.0 Å². The number of rotatable bonds is 0. The van der Waals surface area contributed by atoms with Gasteiger partial charge in [-0.3, -0.25) is 0 Å². The molecule has 4 aliphatic carbocycles. The van der Waals surface area contributed by atoms with E-state index >= 15 is 0 Å². The Balaban J connectivity index is 0.0000000878. The molecule has 0 saturated carbocycles. The first kappa shape index (κ1) is 57.6. The zero-order valence-electron chi connectivity index (χ0n) is 57.3. The Hall–Kier alpha value is -11.5.